The van der Waals surface area contributed by atoms with Gasteiger partial charge in [0.2, 0.25) is 0 Å². The molecule has 2 aliphatic rings. The topological polar surface area (TPSA) is 76.8 Å². The van der Waals surface area contributed by atoms with Crippen molar-refractivity contribution in [2.45, 2.75) is 51.4 Å². The van der Waals surface area contributed by atoms with E-state index in [1.165, 1.54) is 11.3 Å². The molecule has 0 spiro atoms. The van der Waals surface area contributed by atoms with Crippen molar-refractivity contribution in [2.24, 2.45) is 0 Å². The van der Waals surface area contributed by atoms with Crippen molar-refractivity contribution in [3.8, 4) is 22.6 Å². The minimum atomic E-state index is -0.496. The molecule has 5 heterocycles. The van der Waals surface area contributed by atoms with Gasteiger partial charge in [-0.2, -0.15) is 0 Å². The molecule has 42 heavy (non-hydrogen) atoms. The van der Waals surface area contributed by atoms with Gasteiger partial charge >= 0.3 is 11.3 Å². The van der Waals surface area contributed by atoms with Gasteiger partial charge in [-0.15, -0.1) is 0 Å². The van der Waals surface area contributed by atoms with Gasteiger partial charge in [-0.05, 0) is 82.5 Å². The molecule has 0 N–H and O–H groups in total. The van der Waals surface area contributed by atoms with Gasteiger partial charge in [-0.1, -0.05) is 52.0 Å². The van der Waals surface area contributed by atoms with E-state index >= 15 is 0 Å². The molecule has 0 saturated heterocycles. The molecule has 0 unspecified atom stereocenters. The van der Waals surface area contributed by atoms with E-state index < -0.39 is 11.3 Å². The van der Waals surface area contributed by atoms with Crippen LogP contribution >= 0.6 is 0 Å². The van der Waals surface area contributed by atoms with E-state index in [1.54, 1.807) is 18.2 Å². The molecule has 0 fully saturated rings. The van der Waals surface area contributed by atoms with Crippen molar-refractivity contribution in [1.29, 1.82) is 0 Å². The van der Waals surface area contributed by atoms with Crippen LogP contribution < -0.4 is 16.2 Å². The maximum Gasteiger partial charge on any atom is 0.347 e. The van der Waals surface area contributed by atoms with E-state index in [2.05, 4.69) is 38.7 Å². The van der Waals surface area contributed by atoms with Crippen molar-refractivity contribution >= 4 is 38.4 Å². The Kier molecular flexibility index (Phi) is 5.08. The fourth-order valence-electron chi connectivity index (χ4n) is 6.93. The van der Waals surface area contributed by atoms with Crippen LogP contribution in [0.3, 0.4) is 0 Å². The highest BCUT2D eigenvalue weighted by molar-refractivity contribution is 5.97. The number of nitrogens with zero attached hydrogens (tertiary/aromatic N) is 1. The molecule has 3 aromatic heterocycles. The average molecular weight is 558 g/mol. The van der Waals surface area contributed by atoms with E-state index in [-0.39, 0.29) is 10.8 Å². The fraction of sp³-hybridized carbons (Fsp3) is 0.278. The number of fused-ring (bicyclic) bond motifs is 4. The Labute approximate surface area is 242 Å². The Morgan fingerprint density at radius 3 is 1.98 bits per heavy atom. The smallest absolute Gasteiger partial charge is 0.347 e. The number of hydrogen-bond donors (Lipinski definition) is 0. The number of benzene rings is 3. The normalized spacial score (nSPS) is 17.2. The Morgan fingerprint density at radius 1 is 0.643 bits per heavy atom. The maximum atomic E-state index is 13.5. The second kappa shape index (κ2) is 8.48. The molecule has 8 rings (SSSR count). The first-order valence-corrected chi connectivity index (χ1v) is 14.6. The predicted octanol–water partition coefficient (Wildman–Crippen LogP) is 8.15. The van der Waals surface area contributed by atoms with Crippen LogP contribution in [-0.2, 0) is 10.8 Å². The van der Waals surface area contributed by atoms with E-state index in [4.69, 9.17) is 13.3 Å². The molecule has 0 aliphatic carbocycles. The summed E-state index contributed by atoms with van der Waals surface area (Å²) in [5.41, 5.74) is 4.39. The van der Waals surface area contributed by atoms with Crippen LogP contribution in [0.4, 0.5) is 5.69 Å². The first kappa shape index (κ1) is 25.2. The van der Waals surface area contributed by atoms with Gasteiger partial charge in [0.25, 0.3) is 0 Å². The molecule has 6 heteroatoms. The molecule has 0 radical (unpaired) electrons. The summed E-state index contributed by atoms with van der Waals surface area (Å²) < 4.78 is 18.0. The Balaban J connectivity index is 1.28. The van der Waals surface area contributed by atoms with Crippen molar-refractivity contribution in [3.63, 3.8) is 0 Å². The molecular weight excluding hydrogens is 526 g/mol. The number of furan rings is 1. The molecule has 0 saturated carbocycles. The van der Waals surface area contributed by atoms with Gasteiger partial charge in [0.1, 0.15) is 33.8 Å². The zero-order valence-corrected chi connectivity index (χ0v) is 24.2. The first-order valence-electron chi connectivity index (χ1n) is 14.6. The molecule has 0 amide bonds. The van der Waals surface area contributed by atoms with E-state index in [0.717, 1.165) is 53.0 Å². The predicted molar refractivity (Wildman–Crippen MR) is 167 cm³/mol. The lowest BCUT2D eigenvalue weighted by Crippen LogP contribution is -2.44. The molecular formula is C36H31NO5. The molecule has 0 atom stereocenters. The van der Waals surface area contributed by atoms with Crippen LogP contribution in [0.5, 0.6) is 0 Å². The Bertz CT molecular complexity index is 2210. The van der Waals surface area contributed by atoms with Crippen LogP contribution in [-0.4, -0.2) is 13.1 Å². The molecule has 0 bridgehead atoms. The van der Waals surface area contributed by atoms with Crippen molar-refractivity contribution in [1.82, 2.24) is 0 Å². The third-order valence-electron chi connectivity index (χ3n) is 9.47. The zero-order chi connectivity index (χ0) is 29.0. The van der Waals surface area contributed by atoms with Crippen LogP contribution in [0.25, 0.3) is 55.4 Å². The van der Waals surface area contributed by atoms with Gasteiger partial charge in [0, 0.05) is 35.1 Å². The molecule has 6 nitrogen and oxygen atoms in total. The SMILES string of the molecule is CC1(C)CCN2CCC(C)(C)c3c2c1cc1cc(-c2ccc(-c4cc5cc6ccccc6cc5oc4=O)o2)c(=O)oc31. The summed E-state index contributed by atoms with van der Waals surface area (Å²) in [6.07, 6.45) is 2.07. The van der Waals surface area contributed by atoms with Crippen molar-refractivity contribution < 1.29 is 13.3 Å². The Hall–Kier alpha value is -4.58. The van der Waals surface area contributed by atoms with Gasteiger partial charge < -0.3 is 18.2 Å². The van der Waals surface area contributed by atoms with Gasteiger partial charge in [-0.3, -0.25) is 0 Å². The second-order valence-corrected chi connectivity index (χ2v) is 13.1. The summed E-state index contributed by atoms with van der Waals surface area (Å²) in [5.74, 6) is 0.692. The maximum absolute atomic E-state index is 13.5. The summed E-state index contributed by atoms with van der Waals surface area (Å²) in [5, 5.41) is 3.73. The van der Waals surface area contributed by atoms with Gasteiger partial charge in [0.15, 0.2) is 0 Å². The highest BCUT2D eigenvalue weighted by Crippen LogP contribution is 2.51. The van der Waals surface area contributed by atoms with Crippen LogP contribution in [0, 0.1) is 0 Å². The molecule has 2 aliphatic heterocycles. The largest absolute Gasteiger partial charge is 0.456 e. The summed E-state index contributed by atoms with van der Waals surface area (Å²) >= 11 is 0. The van der Waals surface area contributed by atoms with Crippen molar-refractivity contribution in [3.05, 3.63) is 98.7 Å². The van der Waals surface area contributed by atoms with Crippen LogP contribution in [0.15, 0.2) is 89.6 Å². The number of hydrogen-bond acceptors (Lipinski definition) is 6. The lowest BCUT2D eigenvalue weighted by atomic mass is 9.69. The van der Waals surface area contributed by atoms with Gasteiger partial charge in [0.05, 0.1) is 0 Å². The second-order valence-electron chi connectivity index (χ2n) is 13.1. The summed E-state index contributed by atoms with van der Waals surface area (Å²) in [6.45, 7) is 11.1. The fourth-order valence-corrected chi connectivity index (χ4v) is 6.93. The quantitative estimate of drug-likeness (QED) is 0.158. The lowest BCUT2D eigenvalue weighted by molar-refractivity contribution is 0.398. The minimum Gasteiger partial charge on any atom is -0.456 e. The third kappa shape index (κ3) is 3.64. The average Bonchev–Trinajstić information content (AvgIpc) is 3.43. The highest BCUT2D eigenvalue weighted by atomic mass is 16.4. The third-order valence-corrected chi connectivity index (χ3v) is 9.47. The van der Waals surface area contributed by atoms with Crippen LogP contribution in [0.1, 0.15) is 51.7 Å². The van der Waals surface area contributed by atoms with Gasteiger partial charge in [-0.25, -0.2) is 9.59 Å². The summed E-state index contributed by atoms with van der Waals surface area (Å²) in [7, 11) is 0. The van der Waals surface area contributed by atoms with E-state index in [0.29, 0.717) is 33.8 Å². The zero-order valence-electron chi connectivity index (χ0n) is 24.2. The number of rotatable bonds is 2. The summed E-state index contributed by atoms with van der Waals surface area (Å²) in [6, 6.07) is 21.1. The first-order chi connectivity index (χ1) is 20.1. The monoisotopic (exact) mass is 557 g/mol. The molecule has 3 aromatic carbocycles. The Morgan fingerprint density at radius 2 is 1.26 bits per heavy atom. The van der Waals surface area contributed by atoms with Crippen molar-refractivity contribution in [2.75, 3.05) is 18.0 Å². The minimum absolute atomic E-state index is 0.00573. The van der Waals surface area contributed by atoms with Crippen LogP contribution in [0.2, 0.25) is 0 Å². The van der Waals surface area contributed by atoms with E-state index in [9.17, 15) is 9.59 Å². The lowest BCUT2D eigenvalue weighted by Gasteiger charge is -2.48. The highest BCUT2D eigenvalue weighted by Gasteiger charge is 2.42. The summed E-state index contributed by atoms with van der Waals surface area (Å²) in [4.78, 5) is 29.0. The molecule has 6 aromatic rings. The standard InChI is InChI=1S/C36H31NO5/c1-35(2)11-13-37-14-12-36(3,4)30-31(37)26(35)18-23-17-25(34(39)42-32(23)30)28-10-9-27(40-28)24-16-22-15-20-7-5-6-8-21(20)19-29(22)41-33(24)38/h5-10,15-19H,11-14H2,1-4H3. The molecule has 210 valence electrons. The number of anilines is 1. The van der Waals surface area contributed by atoms with E-state index in [1.807, 2.05) is 42.5 Å².